The summed E-state index contributed by atoms with van der Waals surface area (Å²) in [6.07, 6.45) is 0. The zero-order valence-corrected chi connectivity index (χ0v) is 11.6. The fourth-order valence-electron chi connectivity index (χ4n) is 1.52. The summed E-state index contributed by atoms with van der Waals surface area (Å²) in [5.41, 5.74) is 15.2. The van der Waals surface area contributed by atoms with E-state index in [0.29, 0.717) is 23.9 Å². The molecule has 1 aromatic heterocycles. The molecule has 0 unspecified atom stereocenters. The van der Waals surface area contributed by atoms with Gasteiger partial charge < -0.3 is 21.6 Å². The van der Waals surface area contributed by atoms with Gasteiger partial charge in [0.25, 0.3) is 0 Å². The summed E-state index contributed by atoms with van der Waals surface area (Å²) in [6.45, 7) is 0.380. The first-order valence-electron chi connectivity index (χ1n) is 5.50. The number of halogens is 1. The lowest BCUT2D eigenvalue weighted by atomic mass is 10.2. The van der Waals surface area contributed by atoms with Gasteiger partial charge in [0.15, 0.2) is 5.82 Å². The number of hydrazine groups is 1. The Morgan fingerprint density at radius 2 is 1.89 bits per heavy atom. The van der Waals surface area contributed by atoms with Crippen LogP contribution in [0.1, 0.15) is 5.56 Å². The molecule has 0 saturated carbocycles. The normalized spacial score (nSPS) is 10.2. The van der Waals surface area contributed by atoms with E-state index in [4.69, 9.17) is 22.0 Å². The van der Waals surface area contributed by atoms with Crippen LogP contribution >= 0.6 is 15.9 Å². The van der Waals surface area contributed by atoms with Gasteiger partial charge >= 0.3 is 0 Å². The monoisotopic (exact) mass is 323 g/mol. The second-order valence-electron chi connectivity index (χ2n) is 3.87. The molecule has 0 spiro atoms. The van der Waals surface area contributed by atoms with Crippen molar-refractivity contribution in [2.24, 2.45) is 5.84 Å². The van der Waals surface area contributed by atoms with Gasteiger partial charge in [0.1, 0.15) is 23.9 Å². The average molecular weight is 324 g/mol. The second-order valence-corrected chi connectivity index (χ2v) is 4.78. The van der Waals surface area contributed by atoms with Gasteiger partial charge in [0.2, 0.25) is 0 Å². The first-order valence-corrected chi connectivity index (χ1v) is 6.29. The summed E-state index contributed by atoms with van der Waals surface area (Å²) in [5, 5.41) is 0. The maximum atomic E-state index is 5.86. The minimum Gasteiger partial charge on any atom is -0.486 e. The van der Waals surface area contributed by atoms with Crippen LogP contribution in [-0.4, -0.2) is 4.98 Å². The number of aromatic nitrogens is 1. The Labute approximate surface area is 119 Å². The Hall–Kier alpha value is -1.99. The van der Waals surface area contributed by atoms with Crippen LogP contribution in [0.25, 0.3) is 0 Å². The molecule has 0 fully saturated rings. The molecule has 19 heavy (non-hydrogen) atoms. The maximum Gasteiger partial charge on any atom is 0.169 e. The first kappa shape index (κ1) is 13.4. The predicted octanol–water partition coefficient (Wildman–Crippen LogP) is 1.87. The van der Waals surface area contributed by atoms with Crippen molar-refractivity contribution in [1.29, 1.82) is 0 Å². The number of nitrogens with one attached hydrogen (secondary N) is 1. The Kier molecular flexibility index (Phi) is 4.08. The SMILES string of the molecule is NNc1nc(N)cc(OCc2ccc(Br)cc2)c1N. The van der Waals surface area contributed by atoms with Crippen LogP contribution in [0.15, 0.2) is 34.8 Å². The van der Waals surface area contributed by atoms with Crippen molar-refractivity contribution >= 4 is 33.3 Å². The topological polar surface area (TPSA) is 112 Å². The van der Waals surface area contributed by atoms with Crippen LogP contribution < -0.4 is 27.5 Å². The molecule has 0 bridgehead atoms. The van der Waals surface area contributed by atoms with Gasteiger partial charge in [-0.3, -0.25) is 0 Å². The summed E-state index contributed by atoms with van der Waals surface area (Å²) in [4.78, 5) is 3.95. The number of nitrogens with zero attached hydrogens (tertiary/aromatic N) is 1. The molecule has 2 rings (SSSR count). The van der Waals surface area contributed by atoms with Crippen molar-refractivity contribution in [1.82, 2.24) is 4.98 Å². The van der Waals surface area contributed by atoms with E-state index < -0.39 is 0 Å². The lowest BCUT2D eigenvalue weighted by Gasteiger charge is -2.12. The highest BCUT2D eigenvalue weighted by Crippen LogP contribution is 2.30. The van der Waals surface area contributed by atoms with E-state index >= 15 is 0 Å². The van der Waals surface area contributed by atoms with Crippen molar-refractivity contribution in [3.05, 3.63) is 40.4 Å². The summed E-state index contributed by atoms with van der Waals surface area (Å²) in [5.74, 6) is 6.33. The smallest absolute Gasteiger partial charge is 0.169 e. The summed E-state index contributed by atoms with van der Waals surface area (Å²) in [7, 11) is 0. The van der Waals surface area contributed by atoms with Gasteiger partial charge in [-0.15, -0.1) is 0 Å². The van der Waals surface area contributed by atoms with Crippen LogP contribution in [0.3, 0.4) is 0 Å². The largest absolute Gasteiger partial charge is 0.486 e. The zero-order chi connectivity index (χ0) is 13.8. The molecule has 1 aromatic carbocycles. The molecule has 7 N–H and O–H groups in total. The summed E-state index contributed by atoms with van der Waals surface area (Å²) >= 11 is 3.37. The minimum absolute atomic E-state index is 0.285. The van der Waals surface area contributed by atoms with Crippen LogP contribution in [0.4, 0.5) is 17.3 Å². The number of rotatable bonds is 4. The van der Waals surface area contributed by atoms with E-state index in [-0.39, 0.29) is 5.82 Å². The minimum atomic E-state index is 0.285. The Balaban J connectivity index is 2.15. The van der Waals surface area contributed by atoms with Crippen LogP contribution in [0.5, 0.6) is 5.75 Å². The molecule has 1 heterocycles. The third-order valence-corrected chi connectivity index (χ3v) is 3.01. The van der Waals surface area contributed by atoms with Gasteiger partial charge in [0, 0.05) is 10.5 Å². The quantitative estimate of drug-likeness (QED) is 0.504. The Morgan fingerprint density at radius 1 is 1.21 bits per heavy atom. The van der Waals surface area contributed by atoms with E-state index in [1.807, 2.05) is 24.3 Å². The molecule has 0 amide bonds. The number of nitrogen functional groups attached to an aromatic ring is 3. The number of hydrogen-bond donors (Lipinski definition) is 4. The molecule has 2 aromatic rings. The molecule has 0 aliphatic heterocycles. The Morgan fingerprint density at radius 3 is 2.53 bits per heavy atom. The van der Waals surface area contributed by atoms with E-state index in [0.717, 1.165) is 10.0 Å². The highest BCUT2D eigenvalue weighted by molar-refractivity contribution is 9.10. The fraction of sp³-hybridized carbons (Fsp3) is 0.0833. The lowest BCUT2D eigenvalue weighted by Crippen LogP contribution is -2.13. The van der Waals surface area contributed by atoms with Crippen molar-refractivity contribution in [2.75, 3.05) is 16.9 Å². The number of nitrogens with two attached hydrogens (primary N) is 3. The number of pyridine rings is 1. The third kappa shape index (κ3) is 3.27. The standard InChI is InChI=1S/C12H14BrN5O/c13-8-3-1-7(2-4-8)6-19-9-5-10(14)17-12(18-16)11(9)15/h1-5H,6,15-16H2,(H3,14,17,18). The van der Waals surface area contributed by atoms with Gasteiger partial charge in [-0.25, -0.2) is 10.8 Å². The van der Waals surface area contributed by atoms with Crippen LogP contribution in [-0.2, 0) is 6.61 Å². The van der Waals surface area contributed by atoms with E-state index in [2.05, 4.69) is 26.3 Å². The van der Waals surface area contributed by atoms with Crippen molar-refractivity contribution in [3.63, 3.8) is 0 Å². The second kappa shape index (κ2) is 5.77. The molecule has 7 heteroatoms. The van der Waals surface area contributed by atoms with Crippen molar-refractivity contribution < 1.29 is 4.74 Å². The van der Waals surface area contributed by atoms with Gasteiger partial charge in [0.05, 0.1) is 0 Å². The number of benzene rings is 1. The third-order valence-electron chi connectivity index (χ3n) is 2.48. The predicted molar refractivity (Wildman–Crippen MR) is 79.3 cm³/mol. The molecule has 0 aliphatic carbocycles. The zero-order valence-electron chi connectivity index (χ0n) is 10.1. The van der Waals surface area contributed by atoms with Gasteiger partial charge in [-0.2, -0.15) is 0 Å². The molecule has 6 nitrogen and oxygen atoms in total. The van der Waals surface area contributed by atoms with E-state index in [1.165, 1.54) is 0 Å². The molecular weight excluding hydrogens is 310 g/mol. The average Bonchev–Trinajstić information content (AvgIpc) is 2.41. The lowest BCUT2D eigenvalue weighted by molar-refractivity contribution is 0.308. The fourth-order valence-corrected chi connectivity index (χ4v) is 1.79. The number of hydrogen-bond acceptors (Lipinski definition) is 6. The highest BCUT2D eigenvalue weighted by Gasteiger charge is 2.09. The summed E-state index contributed by atoms with van der Waals surface area (Å²) in [6, 6.07) is 9.35. The van der Waals surface area contributed by atoms with Crippen LogP contribution in [0.2, 0.25) is 0 Å². The van der Waals surface area contributed by atoms with E-state index in [9.17, 15) is 0 Å². The molecule has 0 atom stereocenters. The van der Waals surface area contributed by atoms with Crippen molar-refractivity contribution in [3.8, 4) is 5.75 Å². The van der Waals surface area contributed by atoms with Gasteiger partial charge in [-0.1, -0.05) is 28.1 Å². The number of ether oxygens (including phenoxy) is 1. The number of anilines is 3. The summed E-state index contributed by atoms with van der Waals surface area (Å²) < 4.78 is 6.64. The van der Waals surface area contributed by atoms with Crippen molar-refractivity contribution in [2.45, 2.75) is 6.61 Å². The van der Waals surface area contributed by atoms with E-state index in [1.54, 1.807) is 6.07 Å². The highest BCUT2D eigenvalue weighted by atomic mass is 79.9. The Bertz CT molecular complexity index is 573. The van der Waals surface area contributed by atoms with Crippen LogP contribution in [0, 0.1) is 0 Å². The molecule has 0 radical (unpaired) electrons. The maximum absolute atomic E-state index is 5.86. The molecular formula is C12H14BrN5O. The molecule has 0 saturated heterocycles. The van der Waals surface area contributed by atoms with Gasteiger partial charge in [-0.05, 0) is 17.7 Å². The first-order chi connectivity index (χ1) is 9.10. The molecule has 100 valence electrons. The molecule has 0 aliphatic rings.